The Morgan fingerprint density at radius 2 is 2.26 bits per heavy atom. The molecule has 1 aromatic carbocycles. The molecule has 6 heteroatoms. The van der Waals surface area contributed by atoms with Crippen molar-refractivity contribution in [2.24, 2.45) is 5.92 Å². The Hall–Kier alpha value is -1.79. The molecule has 4 atom stereocenters. The van der Waals surface area contributed by atoms with Crippen LogP contribution in [-0.4, -0.2) is 60.9 Å². The molecule has 2 saturated heterocycles. The van der Waals surface area contributed by atoms with E-state index in [4.69, 9.17) is 9.47 Å². The van der Waals surface area contributed by atoms with Gasteiger partial charge < -0.3 is 24.8 Å². The first-order chi connectivity index (χ1) is 11.2. The van der Waals surface area contributed by atoms with Crippen LogP contribution in [0.15, 0.2) is 18.2 Å². The predicted molar refractivity (Wildman–Crippen MR) is 83.9 cm³/mol. The smallest absolute Gasteiger partial charge is 0.251 e. The van der Waals surface area contributed by atoms with Crippen molar-refractivity contribution in [2.45, 2.75) is 25.0 Å². The normalized spacial score (nSPS) is 31.7. The quantitative estimate of drug-likeness (QED) is 0.856. The van der Waals surface area contributed by atoms with Crippen molar-refractivity contribution in [3.05, 3.63) is 23.8 Å². The second-order valence-corrected chi connectivity index (χ2v) is 6.72. The van der Waals surface area contributed by atoms with Crippen molar-refractivity contribution in [2.75, 3.05) is 32.8 Å². The third kappa shape index (κ3) is 3.01. The van der Waals surface area contributed by atoms with E-state index < -0.39 is 0 Å². The fraction of sp³-hybridized carbons (Fsp3) is 0.588. The second kappa shape index (κ2) is 6.02. The summed E-state index contributed by atoms with van der Waals surface area (Å²) >= 11 is 0. The number of carbonyl (C=O) groups is 1. The number of rotatable bonds is 3. The number of ether oxygens (including phenoxy) is 2. The summed E-state index contributed by atoms with van der Waals surface area (Å²) in [5, 5.41) is 12.3. The molecule has 1 amide bonds. The molecule has 3 aliphatic rings. The molecule has 4 rings (SSSR count). The highest BCUT2D eigenvalue weighted by Gasteiger charge is 2.33. The zero-order chi connectivity index (χ0) is 15.8. The van der Waals surface area contributed by atoms with Crippen LogP contribution in [0.25, 0.3) is 0 Å². The zero-order valence-electron chi connectivity index (χ0n) is 13.0. The highest BCUT2D eigenvalue weighted by Crippen LogP contribution is 2.33. The number of benzene rings is 1. The SMILES string of the molecule is O=C(N[C@@H]1C[C@@H]2CCN(C2)C1)c1ccc2c(c1)O[C@@H](CO)CO2. The summed E-state index contributed by atoms with van der Waals surface area (Å²) in [6.45, 7) is 3.51. The highest BCUT2D eigenvalue weighted by molar-refractivity contribution is 5.95. The van der Waals surface area contributed by atoms with Crippen LogP contribution in [0.5, 0.6) is 11.5 Å². The highest BCUT2D eigenvalue weighted by atomic mass is 16.6. The van der Waals surface area contributed by atoms with Gasteiger partial charge in [0.15, 0.2) is 17.6 Å². The molecule has 1 aromatic rings. The van der Waals surface area contributed by atoms with E-state index in [1.807, 2.05) is 0 Å². The van der Waals surface area contributed by atoms with Crippen molar-refractivity contribution in [1.29, 1.82) is 0 Å². The zero-order valence-corrected chi connectivity index (χ0v) is 13.0. The maximum Gasteiger partial charge on any atom is 0.251 e. The van der Waals surface area contributed by atoms with Gasteiger partial charge in [-0.15, -0.1) is 0 Å². The molecule has 2 fully saturated rings. The third-order valence-corrected chi connectivity index (χ3v) is 4.93. The molecule has 0 saturated carbocycles. The van der Waals surface area contributed by atoms with Gasteiger partial charge in [-0.25, -0.2) is 0 Å². The third-order valence-electron chi connectivity index (χ3n) is 4.93. The van der Waals surface area contributed by atoms with Gasteiger partial charge in [-0.3, -0.25) is 4.79 Å². The summed E-state index contributed by atoms with van der Waals surface area (Å²) in [6, 6.07) is 5.44. The van der Waals surface area contributed by atoms with Crippen molar-refractivity contribution < 1.29 is 19.4 Å². The van der Waals surface area contributed by atoms with Gasteiger partial charge in [0, 0.05) is 24.7 Å². The van der Waals surface area contributed by atoms with Crippen molar-refractivity contribution >= 4 is 5.91 Å². The van der Waals surface area contributed by atoms with E-state index in [0.29, 0.717) is 23.7 Å². The molecule has 2 bridgehead atoms. The van der Waals surface area contributed by atoms with Crippen molar-refractivity contribution in [1.82, 2.24) is 10.2 Å². The lowest BCUT2D eigenvalue weighted by Gasteiger charge is -2.30. The molecule has 0 spiro atoms. The Labute approximate surface area is 135 Å². The van der Waals surface area contributed by atoms with Crippen LogP contribution < -0.4 is 14.8 Å². The molecular weight excluding hydrogens is 296 g/mol. The number of nitrogens with zero attached hydrogens (tertiary/aromatic N) is 1. The number of hydrogen-bond donors (Lipinski definition) is 2. The topological polar surface area (TPSA) is 71.0 Å². The Balaban J connectivity index is 1.44. The lowest BCUT2D eigenvalue weighted by atomic mass is 9.96. The summed E-state index contributed by atoms with van der Waals surface area (Å²) in [4.78, 5) is 14.9. The number of fused-ring (bicyclic) bond motifs is 3. The number of aliphatic hydroxyl groups is 1. The number of aliphatic hydroxyl groups excluding tert-OH is 1. The second-order valence-electron chi connectivity index (χ2n) is 6.72. The van der Waals surface area contributed by atoms with E-state index in [2.05, 4.69) is 10.2 Å². The number of amides is 1. The molecule has 0 radical (unpaired) electrons. The molecule has 0 aliphatic carbocycles. The van der Waals surface area contributed by atoms with E-state index in [1.54, 1.807) is 18.2 Å². The Morgan fingerprint density at radius 1 is 1.35 bits per heavy atom. The van der Waals surface area contributed by atoms with Gasteiger partial charge in [0.2, 0.25) is 0 Å². The molecule has 2 N–H and O–H groups in total. The van der Waals surface area contributed by atoms with Crippen LogP contribution in [0.3, 0.4) is 0 Å². The average Bonchev–Trinajstić information content (AvgIpc) is 2.92. The van der Waals surface area contributed by atoms with Crippen LogP contribution in [-0.2, 0) is 0 Å². The van der Waals surface area contributed by atoms with E-state index in [1.165, 1.54) is 13.0 Å². The molecule has 23 heavy (non-hydrogen) atoms. The van der Waals surface area contributed by atoms with Gasteiger partial charge in [0.1, 0.15) is 6.61 Å². The molecule has 0 aromatic heterocycles. The van der Waals surface area contributed by atoms with Gasteiger partial charge in [-0.05, 0) is 43.5 Å². The molecule has 1 unspecified atom stereocenters. The fourth-order valence-corrected chi connectivity index (χ4v) is 3.78. The fourth-order valence-electron chi connectivity index (χ4n) is 3.78. The van der Waals surface area contributed by atoms with Crippen LogP contribution in [0.4, 0.5) is 0 Å². The van der Waals surface area contributed by atoms with Crippen molar-refractivity contribution in [3.8, 4) is 11.5 Å². The van der Waals surface area contributed by atoms with Gasteiger partial charge in [-0.1, -0.05) is 0 Å². The monoisotopic (exact) mass is 318 g/mol. The summed E-state index contributed by atoms with van der Waals surface area (Å²) in [5.41, 5.74) is 0.568. The standard InChI is InChI=1S/C17H22N2O4/c20-9-14-10-22-15-2-1-12(6-16(15)23-14)17(21)18-13-5-11-3-4-19(7-11)8-13/h1-2,6,11,13-14,20H,3-5,7-10H2,(H,18,21)/t11-,13+,14-/m0/s1. The number of hydrogen-bond acceptors (Lipinski definition) is 5. The summed E-state index contributed by atoms with van der Waals surface area (Å²) in [6.07, 6.45) is 1.95. The van der Waals surface area contributed by atoms with Gasteiger partial charge in [0.05, 0.1) is 6.61 Å². The molecular formula is C17H22N2O4. The first kappa shape index (κ1) is 14.8. The lowest BCUT2D eigenvalue weighted by molar-refractivity contribution is 0.0455. The van der Waals surface area contributed by atoms with E-state index in [9.17, 15) is 9.90 Å². The molecule has 6 nitrogen and oxygen atoms in total. The molecule has 3 heterocycles. The minimum absolute atomic E-state index is 0.0741. The van der Waals surface area contributed by atoms with Crippen LogP contribution in [0, 0.1) is 5.92 Å². The van der Waals surface area contributed by atoms with E-state index >= 15 is 0 Å². The summed E-state index contributed by atoms with van der Waals surface area (Å²) in [5.74, 6) is 1.79. The van der Waals surface area contributed by atoms with Gasteiger partial charge in [0.25, 0.3) is 5.91 Å². The Morgan fingerprint density at radius 3 is 3.09 bits per heavy atom. The van der Waals surface area contributed by atoms with Crippen LogP contribution >= 0.6 is 0 Å². The van der Waals surface area contributed by atoms with Crippen LogP contribution in [0.1, 0.15) is 23.2 Å². The average molecular weight is 318 g/mol. The molecule has 124 valence electrons. The van der Waals surface area contributed by atoms with E-state index in [0.717, 1.165) is 25.4 Å². The van der Waals surface area contributed by atoms with Crippen LogP contribution in [0.2, 0.25) is 0 Å². The Kier molecular flexibility index (Phi) is 3.87. The first-order valence-electron chi connectivity index (χ1n) is 8.29. The van der Waals surface area contributed by atoms with Gasteiger partial charge in [-0.2, -0.15) is 0 Å². The summed E-state index contributed by atoms with van der Waals surface area (Å²) < 4.78 is 11.2. The Bertz CT molecular complexity index is 594. The van der Waals surface area contributed by atoms with Crippen molar-refractivity contribution in [3.63, 3.8) is 0 Å². The number of nitrogens with one attached hydrogen (secondary N) is 1. The lowest BCUT2D eigenvalue weighted by Crippen LogP contribution is -2.47. The maximum absolute atomic E-state index is 12.5. The first-order valence-corrected chi connectivity index (χ1v) is 8.29. The maximum atomic E-state index is 12.5. The minimum Gasteiger partial charge on any atom is -0.486 e. The molecule has 3 aliphatic heterocycles. The summed E-state index contributed by atoms with van der Waals surface area (Å²) in [7, 11) is 0. The van der Waals surface area contributed by atoms with E-state index in [-0.39, 0.29) is 24.7 Å². The number of piperidine rings is 1. The minimum atomic E-state index is -0.373. The number of carbonyl (C=O) groups excluding carboxylic acids is 1. The van der Waals surface area contributed by atoms with Gasteiger partial charge >= 0.3 is 0 Å². The largest absolute Gasteiger partial charge is 0.486 e. The predicted octanol–water partition coefficient (Wildman–Crippen LogP) is 0.643.